The third-order valence-corrected chi connectivity index (χ3v) is 5.14. The zero-order chi connectivity index (χ0) is 17.6. The Morgan fingerprint density at radius 2 is 1.96 bits per heavy atom. The molecular formula is C19H21N3O3. The van der Waals surface area contributed by atoms with Gasteiger partial charge < -0.3 is 9.32 Å². The van der Waals surface area contributed by atoms with Gasteiger partial charge in [0.05, 0.1) is 6.33 Å². The summed E-state index contributed by atoms with van der Waals surface area (Å²) in [5.41, 5.74) is 1.07. The highest BCUT2D eigenvalue weighted by Crippen LogP contribution is 2.25. The molecule has 1 amide bonds. The van der Waals surface area contributed by atoms with E-state index >= 15 is 0 Å². The van der Waals surface area contributed by atoms with E-state index in [0.717, 1.165) is 24.6 Å². The fraction of sp³-hybridized carbons (Fsp3) is 0.421. The van der Waals surface area contributed by atoms with Gasteiger partial charge in [0, 0.05) is 17.5 Å². The van der Waals surface area contributed by atoms with E-state index in [1.54, 1.807) is 0 Å². The number of rotatable bonds is 2. The first-order chi connectivity index (χ1) is 12.1. The van der Waals surface area contributed by atoms with E-state index in [1.165, 1.54) is 10.9 Å². The number of piperidine rings is 1. The summed E-state index contributed by atoms with van der Waals surface area (Å²) in [6.07, 6.45) is 4.60. The highest BCUT2D eigenvalue weighted by molar-refractivity contribution is 6.01. The second kappa shape index (κ2) is 6.02. The molecule has 1 saturated heterocycles. The van der Waals surface area contributed by atoms with Crippen LogP contribution in [0.15, 0.2) is 39.8 Å². The second-order valence-electron chi connectivity index (χ2n) is 6.88. The molecule has 3 heterocycles. The Bertz CT molecular complexity index is 994. The smallest absolute Gasteiger partial charge is 0.297 e. The molecule has 0 radical (unpaired) electrons. The summed E-state index contributed by atoms with van der Waals surface area (Å²) >= 11 is 0. The molecule has 0 aliphatic carbocycles. The average molecular weight is 339 g/mol. The number of hydrogen-bond donors (Lipinski definition) is 0. The van der Waals surface area contributed by atoms with Gasteiger partial charge in [0.2, 0.25) is 11.5 Å². The maximum atomic E-state index is 12.8. The number of fused-ring (bicyclic) bond motifs is 3. The lowest BCUT2D eigenvalue weighted by Gasteiger charge is -2.39. The van der Waals surface area contributed by atoms with Gasteiger partial charge in [0.15, 0.2) is 0 Å². The summed E-state index contributed by atoms with van der Waals surface area (Å²) in [4.78, 5) is 31.8. The molecule has 0 unspecified atom stereocenters. The third-order valence-electron chi connectivity index (χ3n) is 5.14. The zero-order valence-electron chi connectivity index (χ0n) is 14.4. The van der Waals surface area contributed by atoms with Crippen molar-refractivity contribution in [3.63, 3.8) is 0 Å². The van der Waals surface area contributed by atoms with E-state index in [4.69, 9.17) is 4.42 Å². The molecule has 3 aromatic rings. The van der Waals surface area contributed by atoms with Gasteiger partial charge in [-0.2, -0.15) is 0 Å². The van der Waals surface area contributed by atoms with Gasteiger partial charge in [-0.1, -0.05) is 12.1 Å². The summed E-state index contributed by atoms with van der Waals surface area (Å²) < 4.78 is 7.02. The highest BCUT2D eigenvalue weighted by atomic mass is 16.3. The Morgan fingerprint density at radius 3 is 2.72 bits per heavy atom. The number of likely N-dealkylation sites (tertiary alicyclic amines) is 1. The number of furan rings is 1. The van der Waals surface area contributed by atoms with Crippen LogP contribution in [0.1, 0.15) is 33.1 Å². The molecule has 0 spiro atoms. The number of nitrogens with zero attached hydrogens (tertiary/aromatic N) is 3. The van der Waals surface area contributed by atoms with Crippen LogP contribution < -0.4 is 5.56 Å². The van der Waals surface area contributed by atoms with Crippen molar-refractivity contribution in [2.45, 2.75) is 51.7 Å². The van der Waals surface area contributed by atoms with Gasteiger partial charge in [-0.25, -0.2) is 4.98 Å². The lowest BCUT2D eigenvalue weighted by atomic mass is 9.97. The van der Waals surface area contributed by atoms with Gasteiger partial charge in [-0.05, 0) is 45.2 Å². The second-order valence-corrected chi connectivity index (χ2v) is 6.88. The van der Waals surface area contributed by atoms with Gasteiger partial charge in [-0.3, -0.25) is 14.2 Å². The molecule has 1 aromatic carbocycles. The first-order valence-corrected chi connectivity index (χ1v) is 8.74. The van der Waals surface area contributed by atoms with Crippen molar-refractivity contribution in [1.82, 2.24) is 14.5 Å². The molecule has 1 fully saturated rings. The molecule has 2 atom stereocenters. The van der Waals surface area contributed by atoms with Crippen molar-refractivity contribution >= 4 is 28.0 Å². The SMILES string of the molecule is C[C@@H]1CCC[C@@H](C)N1C(=O)Cn1cnc2c(oc3ccccc32)c1=O. The Hall–Kier alpha value is -2.63. The number of aromatic nitrogens is 2. The van der Waals surface area contributed by atoms with Crippen molar-refractivity contribution in [1.29, 1.82) is 0 Å². The number of amides is 1. The lowest BCUT2D eigenvalue weighted by Crippen LogP contribution is -2.49. The quantitative estimate of drug-likeness (QED) is 0.720. The molecule has 2 aromatic heterocycles. The van der Waals surface area contributed by atoms with Crippen LogP contribution >= 0.6 is 0 Å². The van der Waals surface area contributed by atoms with Crippen LogP contribution in [0.5, 0.6) is 0 Å². The molecule has 6 nitrogen and oxygen atoms in total. The molecule has 25 heavy (non-hydrogen) atoms. The Kier molecular flexibility index (Phi) is 3.82. The predicted molar refractivity (Wildman–Crippen MR) is 95.4 cm³/mol. The van der Waals surface area contributed by atoms with Crippen LogP contribution in [0.4, 0.5) is 0 Å². The van der Waals surface area contributed by atoms with Crippen molar-refractivity contribution < 1.29 is 9.21 Å². The molecule has 1 aliphatic heterocycles. The van der Waals surface area contributed by atoms with E-state index in [2.05, 4.69) is 18.8 Å². The summed E-state index contributed by atoms with van der Waals surface area (Å²) in [6.45, 7) is 4.13. The topological polar surface area (TPSA) is 68.3 Å². The molecule has 1 aliphatic rings. The number of carbonyl (C=O) groups is 1. The summed E-state index contributed by atoms with van der Waals surface area (Å²) in [5, 5.41) is 0.811. The third kappa shape index (κ3) is 2.62. The minimum Gasteiger partial charge on any atom is -0.448 e. The van der Waals surface area contributed by atoms with Crippen LogP contribution in [0.25, 0.3) is 22.1 Å². The van der Waals surface area contributed by atoms with Gasteiger partial charge >= 0.3 is 0 Å². The van der Waals surface area contributed by atoms with E-state index in [-0.39, 0.29) is 35.7 Å². The predicted octanol–water partition coefficient (Wildman–Crippen LogP) is 2.93. The fourth-order valence-corrected chi connectivity index (χ4v) is 3.87. The van der Waals surface area contributed by atoms with Crippen LogP contribution in [0.2, 0.25) is 0 Å². The standard InChI is InChI=1S/C19H21N3O3/c1-12-6-5-7-13(2)22(12)16(23)10-21-11-20-17-14-8-3-4-9-15(14)25-18(17)19(21)24/h3-4,8-9,11-13H,5-7,10H2,1-2H3/t12-,13-/m1/s1. The van der Waals surface area contributed by atoms with E-state index in [0.29, 0.717) is 11.1 Å². The number of hydrogen-bond acceptors (Lipinski definition) is 4. The maximum Gasteiger partial charge on any atom is 0.297 e. The van der Waals surface area contributed by atoms with Crippen LogP contribution in [0, 0.1) is 0 Å². The number of carbonyl (C=O) groups excluding carboxylic acids is 1. The van der Waals surface area contributed by atoms with Crippen molar-refractivity contribution in [3.05, 3.63) is 40.9 Å². The molecule has 0 saturated carbocycles. The molecule has 130 valence electrons. The number of benzene rings is 1. The first kappa shape index (κ1) is 15.9. The molecule has 6 heteroatoms. The van der Waals surface area contributed by atoms with Crippen molar-refractivity contribution in [3.8, 4) is 0 Å². The Labute approximate surface area is 145 Å². The van der Waals surface area contributed by atoms with Gasteiger partial charge in [0.1, 0.15) is 17.6 Å². The Morgan fingerprint density at radius 1 is 1.24 bits per heavy atom. The van der Waals surface area contributed by atoms with Crippen molar-refractivity contribution in [2.24, 2.45) is 0 Å². The summed E-state index contributed by atoms with van der Waals surface area (Å²) in [5.74, 6) is -0.0425. The summed E-state index contributed by atoms with van der Waals surface area (Å²) in [6, 6.07) is 7.83. The normalized spacial score (nSPS) is 21.1. The minimum absolute atomic E-state index is 0.00645. The van der Waals surface area contributed by atoms with Crippen LogP contribution in [0.3, 0.4) is 0 Å². The average Bonchev–Trinajstić information content (AvgIpc) is 2.97. The summed E-state index contributed by atoms with van der Waals surface area (Å²) in [7, 11) is 0. The molecular weight excluding hydrogens is 318 g/mol. The fourth-order valence-electron chi connectivity index (χ4n) is 3.87. The Balaban J connectivity index is 1.70. The lowest BCUT2D eigenvalue weighted by molar-refractivity contribution is -0.138. The van der Waals surface area contributed by atoms with Crippen LogP contribution in [-0.2, 0) is 11.3 Å². The van der Waals surface area contributed by atoms with Gasteiger partial charge in [0.25, 0.3) is 5.56 Å². The molecule has 0 bridgehead atoms. The van der Waals surface area contributed by atoms with E-state index in [1.807, 2.05) is 29.2 Å². The highest BCUT2D eigenvalue weighted by Gasteiger charge is 2.29. The van der Waals surface area contributed by atoms with Crippen molar-refractivity contribution in [2.75, 3.05) is 0 Å². The maximum absolute atomic E-state index is 12.8. The number of para-hydroxylation sites is 1. The molecule has 4 rings (SSSR count). The van der Waals surface area contributed by atoms with Crippen LogP contribution in [-0.4, -0.2) is 32.4 Å². The van der Waals surface area contributed by atoms with E-state index in [9.17, 15) is 9.59 Å². The largest absolute Gasteiger partial charge is 0.448 e. The molecule has 0 N–H and O–H groups in total. The zero-order valence-corrected chi connectivity index (χ0v) is 14.4. The first-order valence-electron chi connectivity index (χ1n) is 8.74. The minimum atomic E-state index is -0.313. The monoisotopic (exact) mass is 339 g/mol. The van der Waals surface area contributed by atoms with Gasteiger partial charge in [-0.15, -0.1) is 0 Å². The van der Waals surface area contributed by atoms with E-state index < -0.39 is 0 Å².